The summed E-state index contributed by atoms with van der Waals surface area (Å²) in [7, 11) is 0. The zero-order chi connectivity index (χ0) is 10.1. The first-order chi connectivity index (χ1) is 6.70. The molecule has 0 radical (unpaired) electrons. The minimum Gasteiger partial charge on any atom is -0.381 e. The fourth-order valence-corrected chi connectivity index (χ4v) is 2.17. The predicted octanol–water partition coefficient (Wildman–Crippen LogP) is 0.213. The van der Waals surface area contributed by atoms with E-state index in [2.05, 4.69) is 0 Å². The van der Waals surface area contributed by atoms with Crippen molar-refractivity contribution in [3.63, 3.8) is 0 Å². The van der Waals surface area contributed by atoms with Crippen molar-refractivity contribution < 1.29 is 14.3 Å². The molecule has 2 rings (SSSR count). The number of ether oxygens (including phenoxy) is 1. The summed E-state index contributed by atoms with van der Waals surface area (Å²) in [6.45, 7) is 4.11. The maximum atomic E-state index is 11.4. The van der Waals surface area contributed by atoms with Crippen molar-refractivity contribution in [3.8, 4) is 0 Å². The Bertz CT molecular complexity index is 258. The zero-order valence-corrected chi connectivity index (χ0v) is 8.36. The first kappa shape index (κ1) is 9.65. The Morgan fingerprint density at radius 2 is 2.29 bits per heavy atom. The second kappa shape index (κ2) is 3.69. The van der Waals surface area contributed by atoms with Gasteiger partial charge in [0, 0.05) is 31.5 Å². The van der Waals surface area contributed by atoms with Crippen molar-refractivity contribution in [1.82, 2.24) is 4.90 Å². The SMILES string of the molecule is CC(C1CCOC1)N1CCC(=O)C1=O. The van der Waals surface area contributed by atoms with E-state index in [1.54, 1.807) is 4.90 Å². The number of likely N-dealkylation sites (tertiary alicyclic amines) is 1. The highest BCUT2D eigenvalue weighted by Crippen LogP contribution is 2.23. The number of carbonyl (C=O) groups is 2. The molecule has 78 valence electrons. The predicted molar refractivity (Wildman–Crippen MR) is 49.7 cm³/mol. The lowest BCUT2D eigenvalue weighted by Crippen LogP contribution is -2.40. The molecule has 0 aromatic rings. The highest BCUT2D eigenvalue weighted by Gasteiger charge is 2.36. The monoisotopic (exact) mass is 197 g/mol. The van der Waals surface area contributed by atoms with Gasteiger partial charge in [-0.1, -0.05) is 0 Å². The molecular weight excluding hydrogens is 182 g/mol. The summed E-state index contributed by atoms with van der Waals surface area (Å²) < 4.78 is 5.28. The van der Waals surface area contributed by atoms with Crippen LogP contribution < -0.4 is 0 Å². The largest absolute Gasteiger partial charge is 0.381 e. The normalized spacial score (nSPS) is 30.1. The summed E-state index contributed by atoms with van der Waals surface area (Å²) in [5.74, 6) is -0.134. The summed E-state index contributed by atoms with van der Waals surface area (Å²) in [4.78, 5) is 24.2. The van der Waals surface area contributed by atoms with Gasteiger partial charge in [0.2, 0.25) is 5.78 Å². The molecule has 0 aromatic carbocycles. The molecule has 0 saturated carbocycles. The Labute approximate surface area is 83.2 Å². The van der Waals surface area contributed by atoms with Crippen LogP contribution in [0, 0.1) is 5.92 Å². The molecule has 14 heavy (non-hydrogen) atoms. The first-order valence-corrected chi connectivity index (χ1v) is 5.11. The van der Waals surface area contributed by atoms with Crippen molar-refractivity contribution in [2.45, 2.75) is 25.8 Å². The molecule has 2 aliphatic heterocycles. The van der Waals surface area contributed by atoms with Gasteiger partial charge < -0.3 is 9.64 Å². The molecule has 2 atom stereocenters. The van der Waals surface area contributed by atoms with E-state index in [1.807, 2.05) is 6.92 Å². The molecule has 0 bridgehead atoms. The molecule has 2 fully saturated rings. The average Bonchev–Trinajstić information content (AvgIpc) is 2.77. The number of hydrogen-bond donors (Lipinski definition) is 0. The topological polar surface area (TPSA) is 46.6 Å². The van der Waals surface area contributed by atoms with Crippen LogP contribution in [0.15, 0.2) is 0 Å². The minimum atomic E-state index is -0.301. The van der Waals surface area contributed by atoms with E-state index >= 15 is 0 Å². The van der Waals surface area contributed by atoms with Crippen molar-refractivity contribution in [1.29, 1.82) is 0 Å². The fourth-order valence-electron chi connectivity index (χ4n) is 2.17. The number of ketones is 1. The van der Waals surface area contributed by atoms with Crippen molar-refractivity contribution in [3.05, 3.63) is 0 Å². The molecule has 4 heteroatoms. The second-order valence-corrected chi connectivity index (χ2v) is 4.04. The minimum absolute atomic E-state index is 0.149. The molecule has 1 amide bonds. The van der Waals surface area contributed by atoms with Crippen LogP contribution in [-0.4, -0.2) is 42.4 Å². The smallest absolute Gasteiger partial charge is 0.290 e. The van der Waals surface area contributed by atoms with Crippen LogP contribution in [0.25, 0.3) is 0 Å². The summed E-state index contributed by atoms with van der Waals surface area (Å²) in [5.41, 5.74) is 0. The van der Waals surface area contributed by atoms with Crippen LogP contribution in [0.5, 0.6) is 0 Å². The lowest BCUT2D eigenvalue weighted by Gasteiger charge is -2.27. The summed E-state index contributed by atoms with van der Waals surface area (Å²) >= 11 is 0. The van der Waals surface area contributed by atoms with E-state index in [1.165, 1.54) is 0 Å². The molecule has 2 aliphatic rings. The van der Waals surface area contributed by atoms with Gasteiger partial charge in [-0.25, -0.2) is 0 Å². The lowest BCUT2D eigenvalue weighted by atomic mass is 9.99. The van der Waals surface area contributed by atoms with Gasteiger partial charge in [-0.2, -0.15) is 0 Å². The summed E-state index contributed by atoms with van der Waals surface area (Å²) in [5, 5.41) is 0. The molecule has 0 N–H and O–H groups in total. The maximum absolute atomic E-state index is 11.4. The van der Waals surface area contributed by atoms with Crippen molar-refractivity contribution >= 4 is 11.7 Å². The molecule has 0 aliphatic carbocycles. The maximum Gasteiger partial charge on any atom is 0.290 e. The third kappa shape index (κ3) is 1.54. The Balaban J connectivity index is 2.00. The molecular formula is C10H15NO3. The quantitative estimate of drug-likeness (QED) is 0.595. The van der Waals surface area contributed by atoms with Crippen molar-refractivity contribution in [2.75, 3.05) is 19.8 Å². The number of hydrogen-bond acceptors (Lipinski definition) is 3. The van der Waals surface area contributed by atoms with E-state index in [-0.39, 0.29) is 17.7 Å². The van der Waals surface area contributed by atoms with Crippen LogP contribution in [0.4, 0.5) is 0 Å². The number of Topliss-reactive ketones (excluding diaryl/α,β-unsaturated/α-hetero) is 1. The van der Waals surface area contributed by atoms with Gasteiger partial charge in [0.05, 0.1) is 6.61 Å². The summed E-state index contributed by atoms with van der Waals surface area (Å²) in [6, 6.07) is 0.149. The third-order valence-corrected chi connectivity index (χ3v) is 3.22. The molecule has 0 aromatic heterocycles. The van der Waals surface area contributed by atoms with E-state index in [4.69, 9.17) is 4.74 Å². The molecule has 4 nitrogen and oxygen atoms in total. The lowest BCUT2D eigenvalue weighted by molar-refractivity contribution is -0.141. The van der Waals surface area contributed by atoms with E-state index < -0.39 is 0 Å². The number of nitrogens with zero attached hydrogens (tertiary/aromatic N) is 1. The van der Waals surface area contributed by atoms with Crippen LogP contribution >= 0.6 is 0 Å². The Kier molecular flexibility index (Phi) is 2.54. The van der Waals surface area contributed by atoms with Crippen molar-refractivity contribution in [2.24, 2.45) is 5.92 Å². The number of carbonyl (C=O) groups excluding carboxylic acids is 2. The van der Waals surface area contributed by atoms with Crippen LogP contribution in [0.3, 0.4) is 0 Å². The van der Waals surface area contributed by atoms with Gasteiger partial charge in [-0.05, 0) is 13.3 Å². The first-order valence-electron chi connectivity index (χ1n) is 5.11. The van der Waals surface area contributed by atoms with Gasteiger partial charge in [-0.15, -0.1) is 0 Å². The molecule has 2 heterocycles. The number of rotatable bonds is 2. The average molecular weight is 197 g/mol. The third-order valence-electron chi connectivity index (χ3n) is 3.22. The number of amides is 1. The van der Waals surface area contributed by atoms with Crippen LogP contribution in [0.1, 0.15) is 19.8 Å². The van der Waals surface area contributed by atoms with Gasteiger partial charge in [0.25, 0.3) is 5.91 Å². The second-order valence-electron chi connectivity index (χ2n) is 4.04. The standard InChI is InChI=1S/C10H15NO3/c1-7(8-3-5-14-6-8)11-4-2-9(12)10(11)13/h7-8H,2-6H2,1H3. The molecule has 2 unspecified atom stereocenters. The van der Waals surface area contributed by atoms with E-state index in [0.717, 1.165) is 19.6 Å². The van der Waals surface area contributed by atoms with Gasteiger partial charge in [0.1, 0.15) is 0 Å². The Morgan fingerprint density at radius 3 is 2.79 bits per heavy atom. The molecule has 0 spiro atoms. The van der Waals surface area contributed by atoms with Gasteiger partial charge in [-0.3, -0.25) is 9.59 Å². The highest BCUT2D eigenvalue weighted by molar-refractivity contribution is 6.37. The summed E-state index contributed by atoms with van der Waals surface area (Å²) in [6.07, 6.45) is 1.38. The Morgan fingerprint density at radius 1 is 1.50 bits per heavy atom. The Hall–Kier alpha value is -0.900. The van der Waals surface area contributed by atoms with Gasteiger partial charge >= 0.3 is 0 Å². The van der Waals surface area contributed by atoms with Crippen LogP contribution in [-0.2, 0) is 14.3 Å². The van der Waals surface area contributed by atoms with E-state index in [0.29, 0.717) is 18.9 Å². The van der Waals surface area contributed by atoms with Gasteiger partial charge in [0.15, 0.2) is 0 Å². The fraction of sp³-hybridized carbons (Fsp3) is 0.800. The zero-order valence-electron chi connectivity index (χ0n) is 8.36. The van der Waals surface area contributed by atoms with E-state index in [9.17, 15) is 9.59 Å². The molecule has 2 saturated heterocycles. The van der Waals surface area contributed by atoms with Crippen LogP contribution in [0.2, 0.25) is 0 Å². The highest BCUT2D eigenvalue weighted by atomic mass is 16.5.